The Morgan fingerprint density at radius 1 is 1.33 bits per heavy atom. The SMILES string of the molecule is NCCc1cn2nc(-c3ccccc3Cl)sc2n1. The number of hydrogen-bond donors (Lipinski definition) is 1. The zero-order chi connectivity index (χ0) is 12.5. The first-order valence-electron chi connectivity index (χ1n) is 5.58. The molecule has 0 aliphatic carbocycles. The van der Waals surface area contributed by atoms with Crippen molar-refractivity contribution >= 4 is 27.9 Å². The molecule has 3 rings (SSSR count). The largest absolute Gasteiger partial charge is 0.330 e. The Kier molecular flexibility index (Phi) is 3.03. The van der Waals surface area contributed by atoms with Crippen molar-refractivity contribution in [3.05, 3.63) is 41.2 Å². The third-order valence-electron chi connectivity index (χ3n) is 2.60. The van der Waals surface area contributed by atoms with Crippen LogP contribution in [0.1, 0.15) is 5.69 Å². The number of rotatable bonds is 3. The normalized spacial score (nSPS) is 11.2. The number of hydrogen-bond acceptors (Lipinski definition) is 4. The van der Waals surface area contributed by atoms with Crippen LogP contribution in [0.4, 0.5) is 0 Å². The van der Waals surface area contributed by atoms with Gasteiger partial charge in [-0.15, -0.1) is 0 Å². The van der Waals surface area contributed by atoms with E-state index in [4.69, 9.17) is 17.3 Å². The second kappa shape index (κ2) is 4.68. The fourth-order valence-corrected chi connectivity index (χ4v) is 2.98. The standard InChI is InChI=1S/C12H11ClN4S/c13-10-4-2-1-3-9(10)11-16-17-7-8(5-6-14)15-12(17)18-11/h1-4,7H,5-6,14H2. The smallest absolute Gasteiger partial charge is 0.212 e. The molecule has 2 heterocycles. The topological polar surface area (TPSA) is 56.2 Å². The molecule has 0 saturated carbocycles. The molecule has 0 saturated heterocycles. The van der Waals surface area contributed by atoms with Gasteiger partial charge in [0.05, 0.1) is 16.9 Å². The minimum Gasteiger partial charge on any atom is -0.330 e. The predicted molar refractivity (Wildman–Crippen MR) is 74.1 cm³/mol. The van der Waals surface area contributed by atoms with E-state index >= 15 is 0 Å². The van der Waals surface area contributed by atoms with Crippen LogP contribution >= 0.6 is 22.9 Å². The summed E-state index contributed by atoms with van der Waals surface area (Å²) in [6.07, 6.45) is 2.69. The molecule has 0 radical (unpaired) electrons. The highest BCUT2D eigenvalue weighted by Gasteiger charge is 2.11. The van der Waals surface area contributed by atoms with E-state index < -0.39 is 0 Å². The van der Waals surface area contributed by atoms with Gasteiger partial charge in [0.1, 0.15) is 5.01 Å². The van der Waals surface area contributed by atoms with Crippen LogP contribution in [0, 0.1) is 0 Å². The van der Waals surface area contributed by atoms with Crippen molar-refractivity contribution in [1.29, 1.82) is 0 Å². The van der Waals surface area contributed by atoms with Crippen molar-refractivity contribution < 1.29 is 0 Å². The lowest BCUT2D eigenvalue weighted by Crippen LogP contribution is -2.02. The average molecular weight is 279 g/mol. The number of fused-ring (bicyclic) bond motifs is 1. The van der Waals surface area contributed by atoms with Crippen molar-refractivity contribution in [2.75, 3.05) is 6.54 Å². The number of benzene rings is 1. The average Bonchev–Trinajstić information content (AvgIpc) is 2.88. The van der Waals surface area contributed by atoms with E-state index in [2.05, 4.69) is 10.1 Å². The summed E-state index contributed by atoms with van der Waals surface area (Å²) < 4.78 is 1.79. The molecule has 4 nitrogen and oxygen atoms in total. The van der Waals surface area contributed by atoms with Crippen molar-refractivity contribution in [1.82, 2.24) is 14.6 Å². The number of halogens is 1. The fraction of sp³-hybridized carbons (Fsp3) is 0.167. The van der Waals surface area contributed by atoms with Crippen molar-refractivity contribution in [3.8, 4) is 10.6 Å². The van der Waals surface area contributed by atoms with Crippen LogP contribution in [-0.4, -0.2) is 21.1 Å². The third kappa shape index (κ3) is 2.01. The van der Waals surface area contributed by atoms with Gasteiger partial charge in [-0.1, -0.05) is 41.1 Å². The molecule has 0 fully saturated rings. The molecular formula is C12H11ClN4S. The number of imidazole rings is 1. The summed E-state index contributed by atoms with van der Waals surface area (Å²) in [5, 5.41) is 6.08. The maximum atomic E-state index is 6.15. The van der Waals surface area contributed by atoms with E-state index in [0.29, 0.717) is 11.6 Å². The summed E-state index contributed by atoms with van der Waals surface area (Å²) in [5.74, 6) is 0. The van der Waals surface area contributed by atoms with Crippen LogP contribution in [0.5, 0.6) is 0 Å². The molecule has 0 unspecified atom stereocenters. The number of nitrogens with zero attached hydrogens (tertiary/aromatic N) is 3. The molecule has 0 spiro atoms. The highest BCUT2D eigenvalue weighted by Crippen LogP contribution is 2.31. The van der Waals surface area contributed by atoms with Crippen molar-refractivity contribution in [2.45, 2.75) is 6.42 Å². The minimum atomic E-state index is 0.599. The van der Waals surface area contributed by atoms with E-state index in [1.165, 1.54) is 11.3 Å². The Morgan fingerprint density at radius 2 is 2.17 bits per heavy atom. The molecule has 1 aromatic carbocycles. The molecule has 0 amide bonds. The molecule has 3 aromatic rings. The summed E-state index contributed by atoms with van der Waals surface area (Å²) in [4.78, 5) is 5.34. The lowest BCUT2D eigenvalue weighted by molar-refractivity contribution is 0.924. The van der Waals surface area contributed by atoms with Gasteiger partial charge in [0.15, 0.2) is 0 Å². The summed E-state index contributed by atoms with van der Waals surface area (Å²) in [7, 11) is 0. The minimum absolute atomic E-state index is 0.599. The van der Waals surface area contributed by atoms with Gasteiger partial charge in [0.2, 0.25) is 4.96 Å². The Hall–Kier alpha value is -1.43. The summed E-state index contributed by atoms with van der Waals surface area (Å²) >= 11 is 7.68. The number of nitrogens with two attached hydrogens (primary N) is 1. The molecule has 6 heteroatoms. The molecule has 0 aliphatic rings. The van der Waals surface area contributed by atoms with Gasteiger partial charge in [-0.3, -0.25) is 0 Å². The molecule has 2 N–H and O–H groups in total. The van der Waals surface area contributed by atoms with Crippen LogP contribution in [0.2, 0.25) is 5.02 Å². The van der Waals surface area contributed by atoms with E-state index in [9.17, 15) is 0 Å². The zero-order valence-corrected chi connectivity index (χ0v) is 11.1. The van der Waals surface area contributed by atoms with Crippen LogP contribution < -0.4 is 5.73 Å². The summed E-state index contributed by atoms with van der Waals surface area (Å²) in [6, 6.07) is 7.68. The van der Waals surface area contributed by atoms with Gasteiger partial charge < -0.3 is 5.73 Å². The van der Waals surface area contributed by atoms with Gasteiger partial charge in [-0.05, 0) is 12.6 Å². The van der Waals surface area contributed by atoms with Crippen LogP contribution in [0.3, 0.4) is 0 Å². The molecule has 18 heavy (non-hydrogen) atoms. The fourth-order valence-electron chi connectivity index (χ4n) is 1.76. The second-order valence-electron chi connectivity index (χ2n) is 3.89. The summed E-state index contributed by atoms with van der Waals surface area (Å²) in [6.45, 7) is 0.599. The van der Waals surface area contributed by atoms with E-state index in [-0.39, 0.29) is 0 Å². The van der Waals surface area contributed by atoms with Crippen LogP contribution in [0.15, 0.2) is 30.5 Å². The van der Waals surface area contributed by atoms with E-state index in [1.54, 1.807) is 4.52 Å². The van der Waals surface area contributed by atoms with Crippen molar-refractivity contribution in [3.63, 3.8) is 0 Å². The maximum Gasteiger partial charge on any atom is 0.212 e. The number of aromatic nitrogens is 3. The lowest BCUT2D eigenvalue weighted by atomic mass is 10.2. The Labute approximate surface area is 113 Å². The zero-order valence-electron chi connectivity index (χ0n) is 9.51. The van der Waals surface area contributed by atoms with Gasteiger partial charge in [-0.2, -0.15) is 5.10 Å². The first-order chi connectivity index (χ1) is 8.78. The highest BCUT2D eigenvalue weighted by molar-refractivity contribution is 7.19. The lowest BCUT2D eigenvalue weighted by Gasteiger charge is -1.97. The molecule has 0 aliphatic heterocycles. The van der Waals surface area contributed by atoms with Gasteiger partial charge in [0.25, 0.3) is 0 Å². The van der Waals surface area contributed by atoms with E-state index in [1.807, 2.05) is 30.5 Å². The molecular weight excluding hydrogens is 268 g/mol. The Balaban J connectivity index is 2.04. The first-order valence-corrected chi connectivity index (χ1v) is 6.77. The highest BCUT2D eigenvalue weighted by atomic mass is 35.5. The monoisotopic (exact) mass is 278 g/mol. The van der Waals surface area contributed by atoms with Crippen molar-refractivity contribution in [2.24, 2.45) is 5.73 Å². The molecule has 0 atom stereocenters. The van der Waals surface area contributed by atoms with E-state index in [0.717, 1.165) is 27.6 Å². The van der Waals surface area contributed by atoms with Crippen LogP contribution in [0.25, 0.3) is 15.5 Å². The predicted octanol–water partition coefficient (Wildman–Crippen LogP) is 2.61. The van der Waals surface area contributed by atoms with Gasteiger partial charge in [0, 0.05) is 12.0 Å². The first kappa shape index (κ1) is 11.6. The third-order valence-corrected chi connectivity index (χ3v) is 3.88. The van der Waals surface area contributed by atoms with Crippen LogP contribution in [-0.2, 0) is 6.42 Å². The Bertz CT molecular complexity index is 657. The molecule has 92 valence electrons. The second-order valence-corrected chi connectivity index (χ2v) is 5.25. The van der Waals surface area contributed by atoms with Gasteiger partial charge >= 0.3 is 0 Å². The maximum absolute atomic E-state index is 6.15. The summed E-state index contributed by atoms with van der Waals surface area (Å²) in [5.41, 5.74) is 7.42. The molecule has 2 aromatic heterocycles. The Morgan fingerprint density at radius 3 is 2.89 bits per heavy atom. The van der Waals surface area contributed by atoms with Gasteiger partial charge in [-0.25, -0.2) is 9.50 Å². The molecule has 0 bridgehead atoms. The quantitative estimate of drug-likeness (QED) is 0.801.